The van der Waals surface area contributed by atoms with Crippen LogP contribution in [0.4, 0.5) is 0 Å². The Morgan fingerprint density at radius 1 is 0.964 bits per heavy atom. The number of aliphatic hydroxyl groups is 1. The molecule has 7 heteroatoms. The maximum absolute atomic E-state index is 12.5. The molecule has 4 N–H and O–H groups in total. The second-order valence-electron chi connectivity index (χ2n) is 6.10. The number of amides is 2. The highest BCUT2D eigenvalue weighted by atomic mass is 16.4. The van der Waals surface area contributed by atoms with Crippen molar-refractivity contribution >= 4 is 17.8 Å². The average Bonchev–Trinajstić information content (AvgIpc) is 2.72. The van der Waals surface area contributed by atoms with Crippen molar-refractivity contribution in [3.63, 3.8) is 0 Å². The average molecular weight is 382 g/mol. The number of hydrogen-bond acceptors (Lipinski definition) is 4. The lowest BCUT2D eigenvalue weighted by atomic mass is 9.99. The van der Waals surface area contributed by atoms with Gasteiger partial charge in [0.25, 0.3) is 11.8 Å². The lowest BCUT2D eigenvalue weighted by Crippen LogP contribution is -2.50. The number of carboxylic acid groups (broad SMARTS) is 1. The number of carbonyl (C=O) groups excluding carboxylic acids is 2. The second-order valence-corrected chi connectivity index (χ2v) is 6.10. The molecular formula is C21H22N2O5. The molecule has 0 aromatic heterocycles. The van der Waals surface area contributed by atoms with E-state index in [1.807, 2.05) is 0 Å². The Morgan fingerprint density at radius 2 is 1.54 bits per heavy atom. The summed E-state index contributed by atoms with van der Waals surface area (Å²) in [6, 6.07) is 14.6. The Balaban J connectivity index is 2.23. The molecule has 2 aromatic carbocycles. The maximum Gasteiger partial charge on any atom is 0.326 e. The molecule has 28 heavy (non-hydrogen) atoms. The van der Waals surface area contributed by atoms with Crippen molar-refractivity contribution in [3.8, 4) is 0 Å². The molecule has 0 saturated heterocycles. The third-order valence-corrected chi connectivity index (χ3v) is 4.08. The van der Waals surface area contributed by atoms with Crippen LogP contribution in [0.25, 0.3) is 0 Å². The third kappa shape index (κ3) is 5.52. The predicted octanol–water partition coefficient (Wildman–Crippen LogP) is 1.66. The fraction of sp³-hybridized carbons (Fsp3) is 0.190. The number of carbonyl (C=O) groups is 3. The fourth-order valence-electron chi connectivity index (χ4n) is 2.62. The summed E-state index contributed by atoms with van der Waals surface area (Å²) in [7, 11) is 0. The zero-order chi connectivity index (χ0) is 20.5. The van der Waals surface area contributed by atoms with Gasteiger partial charge in [-0.25, -0.2) is 4.79 Å². The molecule has 0 aliphatic rings. The van der Waals surface area contributed by atoms with Crippen molar-refractivity contribution in [2.45, 2.75) is 24.6 Å². The Hall–Kier alpha value is -3.45. The Kier molecular flexibility index (Phi) is 7.47. The van der Waals surface area contributed by atoms with Gasteiger partial charge < -0.3 is 20.8 Å². The van der Waals surface area contributed by atoms with Gasteiger partial charge in [-0.3, -0.25) is 9.59 Å². The molecule has 146 valence electrons. The molecule has 0 aliphatic carbocycles. The molecule has 0 bridgehead atoms. The Morgan fingerprint density at radius 3 is 2.07 bits per heavy atom. The van der Waals surface area contributed by atoms with Gasteiger partial charge in [-0.15, -0.1) is 6.58 Å². The van der Waals surface area contributed by atoms with Crippen LogP contribution in [0, 0.1) is 0 Å². The fourth-order valence-corrected chi connectivity index (χ4v) is 2.62. The zero-order valence-corrected chi connectivity index (χ0v) is 15.1. The summed E-state index contributed by atoms with van der Waals surface area (Å²) in [5.74, 6) is -2.62. The van der Waals surface area contributed by atoms with Gasteiger partial charge in [0.2, 0.25) is 0 Å². The number of aliphatic carboxylic acids is 1. The van der Waals surface area contributed by atoms with E-state index in [1.165, 1.54) is 6.08 Å². The quantitative estimate of drug-likeness (QED) is 0.492. The lowest BCUT2D eigenvalue weighted by molar-refractivity contribution is -0.143. The molecule has 0 radical (unpaired) electrons. The molecule has 0 aliphatic heterocycles. The number of nitrogens with one attached hydrogen (secondary N) is 2. The molecule has 0 unspecified atom stereocenters. The largest absolute Gasteiger partial charge is 0.480 e. The van der Waals surface area contributed by atoms with Gasteiger partial charge in [0.05, 0.1) is 6.04 Å². The number of rotatable bonds is 9. The summed E-state index contributed by atoms with van der Waals surface area (Å²) < 4.78 is 0. The molecule has 2 aromatic rings. The number of carboxylic acids is 1. The van der Waals surface area contributed by atoms with Crippen molar-refractivity contribution in [1.29, 1.82) is 0 Å². The molecule has 0 spiro atoms. The van der Waals surface area contributed by atoms with E-state index < -0.39 is 36.0 Å². The Labute approximate surface area is 162 Å². The van der Waals surface area contributed by atoms with Gasteiger partial charge in [0.15, 0.2) is 6.10 Å². The van der Waals surface area contributed by atoms with Gasteiger partial charge in [-0.2, -0.15) is 0 Å². The van der Waals surface area contributed by atoms with Crippen LogP contribution >= 0.6 is 0 Å². The van der Waals surface area contributed by atoms with Gasteiger partial charge in [0, 0.05) is 5.56 Å². The molecule has 0 heterocycles. The van der Waals surface area contributed by atoms with E-state index in [-0.39, 0.29) is 6.42 Å². The van der Waals surface area contributed by atoms with Gasteiger partial charge >= 0.3 is 5.97 Å². The van der Waals surface area contributed by atoms with Crippen LogP contribution in [0.2, 0.25) is 0 Å². The third-order valence-electron chi connectivity index (χ3n) is 4.08. The monoisotopic (exact) mass is 382 g/mol. The molecule has 2 rings (SSSR count). The first-order valence-electron chi connectivity index (χ1n) is 8.67. The second kappa shape index (κ2) is 10.0. The first-order chi connectivity index (χ1) is 13.4. The standard InChI is InChI=1S/C21H22N2O5/c1-2-9-16(21(27)28)22-20(26)18(24)17(14-10-5-3-6-11-14)23-19(25)15-12-7-4-8-13-15/h2-8,10-13,16-18,24H,1,9H2,(H,22,26)(H,23,25)(H,27,28)/t16-,17-,18+/m0/s1. The summed E-state index contributed by atoms with van der Waals surface area (Å²) in [5.41, 5.74) is 0.871. The topological polar surface area (TPSA) is 116 Å². The molecule has 2 amide bonds. The smallest absolute Gasteiger partial charge is 0.326 e. The minimum absolute atomic E-state index is 0.000170. The molecule has 0 saturated carbocycles. The van der Waals surface area contributed by atoms with E-state index in [0.717, 1.165) is 0 Å². The first-order valence-corrected chi connectivity index (χ1v) is 8.67. The SMILES string of the molecule is C=CC[C@H](NC(=O)[C@H](O)[C@@H](NC(=O)c1ccccc1)c1ccccc1)C(=O)O. The van der Waals surface area contributed by atoms with Crippen LogP contribution in [0.3, 0.4) is 0 Å². The zero-order valence-electron chi connectivity index (χ0n) is 15.1. The van der Waals surface area contributed by atoms with E-state index in [9.17, 15) is 24.6 Å². The summed E-state index contributed by atoms with van der Waals surface area (Å²) >= 11 is 0. The van der Waals surface area contributed by atoms with Crippen LogP contribution in [0.5, 0.6) is 0 Å². The molecule has 3 atom stereocenters. The highest BCUT2D eigenvalue weighted by Crippen LogP contribution is 2.18. The van der Waals surface area contributed by atoms with Gasteiger partial charge in [0.1, 0.15) is 6.04 Å². The highest BCUT2D eigenvalue weighted by Gasteiger charge is 2.31. The van der Waals surface area contributed by atoms with E-state index >= 15 is 0 Å². The van der Waals surface area contributed by atoms with Crippen molar-refractivity contribution in [2.24, 2.45) is 0 Å². The van der Waals surface area contributed by atoms with Crippen molar-refractivity contribution in [3.05, 3.63) is 84.4 Å². The number of benzene rings is 2. The first kappa shape index (κ1) is 20.9. The Bertz CT molecular complexity index is 823. The highest BCUT2D eigenvalue weighted by molar-refractivity contribution is 5.95. The molecular weight excluding hydrogens is 360 g/mol. The summed E-state index contributed by atoms with van der Waals surface area (Å²) in [6.07, 6.45) is -0.334. The van der Waals surface area contributed by atoms with Crippen molar-refractivity contribution in [1.82, 2.24) is 10.6 Å². The predicted molar refractivity (Wildman–Crippen MR) is 103 cm³/mol. The normalized spacial score (nSPS) is 13.6. The van der Waals surface area contributed by atoms with E-state index in [2.05, 4.69) is 17.2 Å². The van der Waals surface area contributed by atoms with Crippen LogP contribution in [-0.2, 0) is 9.59 Å². The number of aliphatic hydroxyl groups excluding tert-OH is 1. The molecule has 0 fully saturated rings. The van der Waals surface area contributed by atoms with Crippen molar-refractivity contribution in [2.75, 3.05) is 0 Å². The maximum atomic E-state index is 12.5. The van der Waals surface area contributed by atoms with Gasteiger partial charge in [-0.1, -0.05) is 54.6 Å². The van der Waals surface area contributed by atoms with E-state index in [1.54, 1.807) is 60.7 Å². The van der Waals surface area contributed by atoms with Crippen LogP contribution < -0.4 is 10.6 Å². The van der Waals surface area contributed by atoms with Crippen molar-refractivity contribution < 1.29 is 24.6 Å². The van der Waals surface area contributed by atoms with E-state index in [4.69, 9.17) is 0 Å². The minimum Gasteiger partial charge on any atom is -0.480 e. The minimum atomic E-state index is -1.69. The van der Waals surface area contributed by atoms with Crippen LogP contribution in [0.15, 0.2) is 73.3 Å². The summed E-state index contributed by atoms with van der Waals surface area (Å²) in [4.78, 5) is 36.2. The lowest BCUT2D eigenvalue weighted by Gasteiger charge is -2.25. The van der Waals surface area contributed by atoms with Crippen LogP contribution in [0.1, 0.15) is 28.4 Å². The molecule has 7 nitrogen and oxygen atoms in total. The number of hydrogen-bond donors (Lipinski definition) is 4. The van der Waals surface area contributed by atoms with Gasteiger partial charge in [-0.05, 0) is 24.1 Å². The summed E-state index contributed by atoms with van der Waals surface area (Å²) in [6.45, 7) is 3.46. The summed E-state index contributed by atoms with van der Waals surface area (Å²) in [5, 5.41) is 24.7. The van der Waals surface area contributed by atoms with Crippen LogP contribution in [-0.4, -0.2) is 40.1 Å². The van der Waals surface area contributed by atoms with E-state index in [0.29, 0.717) is 11.1 Å².